The second-order valence-electron chi connectivity index (χ2n) is 27.8. The van der Waals surface area contributed by atoms with E-state index < -0.39 is 97.5 Å². The number of aliphatic hydroxyl groups is 1. The molecule has 17 nitrogen and oxygen atoms in total. The molecule has 0 radical (unpaired) electrons. The van der Waals surface area contributed by atoms with Crippen LogP contribution in [0.15, 0.2) is 24.3 Å². The molecule has 5 atom stereocenters. The normalized spacial score (nSPS) is 14.0. The summed E-state index contributed by atoms with van der Waals surface area (Å²) in [7, 11) is -9.92. The summed E-state index contributed by atoms with van der Waals surface area (Å²) in [4.78, 5) is 72.8. The average molecular weight is 1430 g/mol. The second-order valence-corrected chi connectivity index (χ2v) is 30.7. The fourth-order valence-corrected chi connectivity index (χ4v) is 13.3. The van der Waals surface area contributed by atoms with Crippen LogP contribution in [0.1, 0.15) is 400 Å². The van der Waals surface area contributed by atoms with Crippen molar-refractivity contribution >= 4 is 39.5 Å². The number of phosphoric acid groups is 2. The molecule has 0 aromatic rings. The standard InChI is InChI=1S/C79H150O17P2/c1-5-9-13-17-21-25-28-31-34-35-36-37-38-41-44-47-50-54-58-62-66-79(84)96-75(70-90-77(82)64-60-56-52-48-45-42-39-32-29-26-22-18-14-10-6-2)72-94-98(87,88)92-68-73(80)67-91-97(85,86)93-71-74(69-89-76(81)63-59-55-51-24-20-16-12-8-4)95-78(83)65-61-57-53-49-46-43-40-33-30-27-23-19-15-11-7-3/h26,29,32,39,73-75,80H,5-25,27-28,30-31,33-38,40-72H2,1-4H3,(H,85,86)(H,87,88)/b29-26-,39-32-/t73-,74+,75+/m0/s1. The number of carbonyl (C=O) groups is 4. The smallest absolute Gasteiger partial charge is 0.462 e. The number of esters is 4. The Morgan fingerprint density at radius 2 is 0.490 bits per heavy atom. The van der Waals surface area contributed by atoms with Gasteiger partial charge in [-0.3, -0.25) is 37.3 Å². The average Bonchev–Trinajstić information content (AvgIpc) is 1.09. The summed E-state index contributed by atoms with van der Waals surface area (Å²) in [5.74, 6) is -2.14. The zero-order chi connectivity index (χ0) is 71.8. The zero-order valence-electron chi connectivity index (χ0n) is 63.2. The molecule has 3 N–H and O–H groups in total. The van der Waals surface area contributed by atoms with Crippen LogP contribution in [0.3, 0.4) is 0 Å². The van der Waals surface area contributed by atoms with Crippen molar-refractivity contribution in [2.24, 2.45) is 0 Å². The molecule has 19 heteroatoms. The van der Waals surface area contributed by atoms with Crippen molar-refractivity contribution in [1.82, 2.24) is 0 Å². The molecule has 0 spiro atoms. The number of ether oxygens (including phenoxy) is 4. The van der Waals surface area contributed by atoms with Crippen LogP contribution >= 0.6 is 15.6 Å². The van der Waals surface area contributed by atoms with E-state index in [1.54, 1.807) is 0 Å². The summed E-state index contributed by atoms with van der Waals surface area (Å²) in [5, 5.41) is 10.6. The quantitative estimate of drug-likeness (QED) is 0.0169. The van der Waals surface area contributed by atoms with Gasteiger partial charge in [-0.15, -0.1) is 0 Å². The van der Waals surface area contributed by atoms with Crippen LogP contribution in [0.5, 0.6) is 0 Å². The molecule has 0 saturated heterocycles. The molecule has 0 aromatic heterocycles. The van der Waals surface area contributed by atoms with Crippen molar-refractivity contribution < 1.29 is 80.2 Å². The molecular formula is C79H150O17P2. The van der Waals surface area contributed by atoms with Gasteiger partial charge in [0.05, 0.1) is 26.4 Å². The highest BCUT2D eigenvalue weighted by Crippen LogP contribution is 2.45. The molecule has 0 aliphatic carbocycles. The largest absolute Gasteiger partial charge is 0.472 e. The number of rotatable bonds is 78. The van der Waals surface area contributed by atoms with Gasteiger partial charge in [-0.05, 0) is 51.4 Å². The van der Waals surface area contributed by atoms with E-state index in [9.17, 15) is 43.2 Å². The summed E-state index contributed by atoms with van der Waals surface area (Å²) < 4.78 is 68.5. The maximum absolute atomic E-state index is 13.1. The molecule has 98 heavy (non-hydrogen) atoms. The van der Waals surface area contributed by atoms with Gasteiger partial charge in [0, 0.05) is 25.7 Å². The van der Waals surface area contributed by atoms with Gasteiger partial charge in [0.1, 0.15) is 19.3 Å². The van der Waals surface area contributed by atoms with Gasteiger partial charge < -0.3 is 33.8 Å². The number of aliphatic hydroxyl groups excluding tert-OH is 1. The van der Waals surface area contributed by atoms with Crippen molar-refractivity contribution in [3.63, 3.8) is 0 Å². The molecule has 0 amide bonds. The lowest BCUT2D eigenvalue weighted by Gasteiger charge is -2.21. The van der Waals surface area contributed by atoms with Crippen LogP contribution in [0.25, 0.3) is 0 Å². The van der Waals surface area contributed by atoms with Crippen LogP contribution < -0.4 is 0 Å². The Morgan fingerprint density at radius 1 is 0.286 bits per heavy atom. The van der Waals surface area contributed by atoms with Crippen molar-refractivity contribution in [2.45, 2.75) is 418 Å². The predicted octanol–water partition coefficient (Wildman–Crippen LogP) is 23.3. The number of unbranched alkanes of at least 4 members (excludes halogenated alkanes) is 49. The summed E-state index contributed by atoms with van der Waals surface area (Å²) in [6, 6.07) is 0. The number of hydrogen-bond acceptors (Lipinski definition) is 15. The van der Waals surface area contributed by atoms with Crippen molar-refractivity contribution in [2.75, 3.05) is 39.6 Å². The fraction of sp³-hybridized carbons (Fsp3) is 0.899. The van der Waals surface area contributed by atoms with Gasteiger partial charge in [-0.25, -0.2) is 9.13 Å². The number of carbonyl (C=O) groups excluding carboxylic acids is 4. The molecule has 0 saturated carbocycles. The minimum Gasteiger partial charge on any atom is -0.462 e. The van der Waals surface area contributed by atoms with Gasteiger partial charge in [-0.1, -0.05) is 347 Å². The molecule has 0 bridgehead atoms. The lowest BCUT2D eigenvalue weighted by molar-refractivity contribution is -0.161. The number of hydrogen-bond donors (Lipinski definition) is 3. The lowest BCUT2D eigenvalue weighted by atomic mass is 10.0. The molecule has 0 heterocycles. The Labute approximate surface area is 599 Å². The van der Waals surface area contributed by atoms with Crippen LogP contribution in [-0.2, 0) is 65.4 Å². The fourth-order valence-electron chi connectivity index (χ4n) is 11.7. The summed E-state index contributed by atoms with van der Waals surface area (Å²) in [5.41, 5.74) is 0. The predicted molar refractivity (Wildman–Crippen MR) is 400 cm³/mol. The Morgan fingerprint density at radius 3 is 0.745 bits per heavy atom. The highest BCUT2D eigenvalue weighted by Gasteiger charge is 2.30. The summed E-state index contributed by atoms with van der Waals surface area (Å²) in [6.07, 6.45) is 67.5. The second kappa shape index (κ2) is 72.9. The molecule has 0 aliphatic rings. The van der Waals surface area contributed by atoms with E-state index in [1.807, 2.05) is 0 Å². The zero-order valence-corrected chi connectivity index (χ0v) is 65.0. The maximum atomic E-state index is 13.1. The monoisotopic (exact) mass is 1430 g/mol. The van der Waals surface area contributed by atoms with E-state index in [1.165, 1.54) is 205 Å². The topological polar surface area (TPSA) is 237 Å². The molecule has 0 aromatic carbocycles. The van der Waals surface area contributed by atoms with Crippen LogP contribution in [0.2, 0.25) is 0 Å². The van der Waals surface area contributed by atoms with Gasteiger partial charge in [-0.2, -0.15) is 0 Å². The number of phosphoric ester groups is 2. The van der Waals surface area contributed by atoms with E-state index in [-0.39, 0.29) is 25.7 Å². The van der Waals surface area contributed by atoms with E-state index in [4.69, 9.17) is 37.0 Å². The van der Waals surface area contributed by atoms with Crippen molar-refractivity contribution in [1.29, 1.82) is 0 Å². The SMILES string of the molecule is CCCCCC/C=C\C=C/CCCCCCCC(=O)OC[C@H](COP(=O)(O)OC[C@@H](O)COP(=O)(O)OC[C@@H](COC(=O)CCCCCCCCCC)OC(=O)CCCCCCCCCCCCCCCCC)OC(=O)CCCCCCCCCCCCCCCCCCCCCC. The van der Waals surface area contributed by atoms with Crippen LogP contribution in [0.4, 0.5) is 0 Å². The van der Waals surface area contributed by atoms with E-state index >= 15 is 0 Å². The highest BCUT2D eigenvalue weighted by molar-refractivity contribution is 7.47. The first kappa shape index (κ1) is 95.5. The van der Waals surface area contributed by atoms with E-state index in [2.05, 4.69) is 52.0 Å². The Hall–Kier alpha value is -2.46. The summed E-state index contributed by atoms with van der Waals surface area (Å²) in [6.45, 7) is 4.92. The van der Waals surface area contributed by atoms with E-state index in [0.29, 0.717) is 25.7 Å². The first-order valence-corrected chi connectivity index (χ1v) is 43.6. The van der Waals surface area contributed by atoms with Crippen LogP contribution in [-0.4, -0.2) is 96.7 Å². The first-order valence-electron chi connectivity index (χ1n) is 40.6. The summed E-state index contributed by atoms with van der Waals surface area (Å²) >= 11 is 0. The third-order valence-corrected chi connectivity index (χ3v) is 19.9. The number of allylic oxidation sites excluding steroid dienone is 4. The molecule has 578 valence electrons. The molecule has 0 aliphatic heterocycles. The highest BCUT2D eigenvalue weighted by atomic mass is 31.2. The molecule has 2 unspecified atom stereocenters. The molecule has 0 rings (SSSR count). The van der Waals surface area contributed by atoms with E-state index in [0.717, 1.165) is 116 Å². The van der Waals surface area contributed by atoms with Gasteiger partial charge in [0.2, 0.25) is 0 Å². The van der Waals surface area contributed by atoms with Gasteiger partial charge in [0.25, 0.3) is 0 Å². The van der Waals surface area contributed by atoms with Crippen molar-refractivity contribution in [3.05, 3.63) is 24.3 Å². The minimum absolute atomic E-state index is 0.102. The van der Waals surface area contributed by atoms with Crippen LogP contribution in [0, 0.1) is 0 Å². The third kappa shape index (κ3) is 71.9. The molecular weight excluding hydrogens is 1280 g/mol. The van der Waals surface area contributed by atoms with Crippen molar-refractivity contribution in [3.8, 4) is 0 Å². The Bertz CT molecular complexity index is 1950. The lowest BCUT2D eigenvalue weighted by Crippen LogP contribution is -2.30. The Balaban J connectivity index is 5.22. The van der Waals surface area contributed by atoms with Gasteiger partial charge >= 0.3 is 39.5 Å². The van der Waals surface area contributed by atoms with Gasteiger partial charge in [0.15, 0.2) is 12.2 Å². The maximum Gasteiger partial charge on any atom is 0.472 e. The first-order chi connectivity index (χ1) is 47.7. The third-order valence-electron chi connectivity index (χ3n) is 18.0. The minimum atomic E-state index is -4.97. The molecule has 0 fully saturated rings. The Kier molecular flexibility index (Phi) is 71.0.